The van der Waals surface area contributed by atoms with Gasteiger partial charge in [-0.25, -0.2) is 0 Å². The van der Waals surface area contributed by atoms with E-state index in [0.29, 0.717) is 12.6 Å². The van der Waals surface area contributed by atoms with E-state index < -0.39 is 12.0 Å². The molecule has 4 heteroatoms. The first-order chi connectivity index (χ1) is 4.76. The standard InChI is InChI=1S/C6H8O4/c7-2-1-5(3-8)6(10)4-9/h2-6,10H,1H2. The summed E-state index contributed by atoms with van der Waals surface area (Å²) in [6.07, 6.45) is -0.326. The first-order valence-electron chi connectivity index (χ1n) is 2.78. The lowest BCUT2D eigenvalue weighted by molar-refractivity contribution is -0.125. The molecule has 0 aliphatic rings. The molecule has 0 aliphatic carbocycles. The first kappa shape index (κ1) is 8.97. The van der Waals surface area contributed by atoms with E-state index in [1.807, 2.05) is 0 Å². The fraction of sp³-hybridized carbons (Fsp3) is 0.500. The zero-order valence-corrected chi connectivity index (χ0v) is 5.27. The van der Waals surface area contributed by atoms with Crippen LogP contribution in [0.25, 0.3) is 0 Å². The van der Waals surface area contributed by atoms with Crippen molar-refractivity contribution in [3.63, 3.8) is 0 Å². The topological polar surface area (TPSA) is 71.4 Å². The van der Waals surface area contributed by atoms with Crippen molar-refractivity contribution in [2.75, 3.05) is 0 Å². The highest BCUT2D eigenvalue weighted by molar-refractivity contribution is 5.70. The van der Waals surface area contributed by atoms with Gasteiger partial charge in [0.25, 0.3) is 0 Å². The number of hydrogen-bond acceptors (Lipinski definition) is 4. The molecule has 0 spiro atoms. The molecule has 0 aromatic carbocycles. The molecule has 0 aliphatic heterocycles. The van der Waals surface area contributed by atoms with Crippen LogP contribution in [-0.4, -0.2) is 30.1 Å². The highest BCUT2D eigenvalue weighted by Crippen LogP contribution is 2.00. The lowest BCUT2D eigenvalue weighted by Gasteiger charge is -2.06. The minimum Gasteiger partial charge on any atom is -0.385 e. The number of aldehydes is 3. The van der Waals surface area contributed by atoms with Gasteiger partial charge in [0.1, 0.15) is 25.0 Å². The minimum absolute atomic E-state index is 0.108. The largest absolute Gasteiger partial charge is 0.385 e. The normalized spacial score (nSPS) is 15.3. The average Bonchev–Trinajstić information content (AvgIpc) is 1.99. The maximum atomic E-state index is 10.0. The Balaban J connectivity index is 3.90. The van der Waals surface area contributed by atoms with E-state index in [-0.39, 0.29) is 12.7 Å². The Morgan fingerprint density at radius 2 is 1.80 bits per heavy atom. The van der Waals surface area contributed by atoms with E-state index in [1.165, 1.54) is 0 Å². The Hall–Kier alpha value is -1.03. The molecule has 0 fully saturated rings. The average molecular weight is 144 g/mol. The molecule has 2 unspecified atom stereocenters. The van der Waals surface area contributed by atoms with Crippen molar-refractivity contribution < 1.29 is 19.5 Å². The van der Waals surface area contributed by atoms with Crippen molar-refractivity contribution in [1.29, 1.82) is 0 Å². The summed E-state index contributed by atoms with van der Waals surface area (Å²) in [5.41, 5.74) is 0. The zero-order valence-electron chi connectivity index (χ0n) is 5.27. The van der Waals surface area contributed by atoms with Gasteiger partial charge in [0, 0.05) is 6.42 Å². The van der Waals surface area contributed by atoms with Crippen LogP contribution in [0.2, 0.25) is 0 Å². The van der Waals surface area contributed by atoms with Gasteiger partial charge in [0.05, 0.1) is 5.92 Å². The van der Waals surface area contributed by atoms with Gasteiger partial charge in [-0.2, -0.15) is 0 Å². The van der Waals surface area contributed by atoms with E-state index in [0.717, 1.165) is 0 Å². The molecule has 0 amide bonds. The number of carbonyl (C=O) groups is 3. The molecule has 0 bridgehead atoms. The molecular formula is C6H8O4. The molecule has 0 saturated carbocycles. The Kier molecular flexibility index (Phi) is 4.32. The third-order valence-electron chi connectivity index (χ3n) is 1.12. The molecule has 56 valence electrons. The predicted molar refractivity (Wildman–Crippen MR) is 32.3 cm³/mol. The van der Waals surface area contributed by atoms with Crippen LogP contribution in [0, 0.1) is 5.92 Å². The molecule has 2 atom stereocenters. The van der Waals surface area contributed by atoms with E-state index in [9.17, 15) is 14.4 Å². The summed E-state index contributed by atoms with van der Waals surface area (Å²) in [5, 5.41) is 8.69. The number of hydrogen-bond donors (Lipinski definition) is 1. The van der Waals surface area contributed by atoms with E-state index in [1.54, 1.807) is 0 Å². The smallest absolute Gasteiger partial charge is 0.149 e. The molecule has 0 rings (SSSR count). The van der Waals surface area contributed by atoms with Gasteiger partial charge in [-0.3, -0.25) is 0 Å². The third-order valence-corrected chi connectivity index (χ3v) is 1.12. The van der Waals surface area contributed by atoms with E-state index in [2.05, 4.69) is 0 Å². The van der Waals surface area contributed by atoms with E-state index >= 15 is 0 Å². The Morgan fingerprint density at radius 3 is 2.10 bits per heavy atom. The van der Waals surface area contributed by atoms with Crippen LogP contribution in [0.3, 0.4) is 0 Å². The predicted octanol–water partition coefficient (Wildman–Crippen LogP) is -1.05. The SMILES string of the molecule is O=CCC(C=O)C(O)C=O. The van der Waals surface area contributed by atoms with Crippen LogP contribution in [0.1, 0.15) is 6.42 Å². The third kappa shape index (κ3) is 2.50. The van der Waals surface area contributed by atoms with Crippen molar-refractivity contribution in [2.24, 2.45) is 5.92 Å². The zero-order chi connectivity index (χ0) is 7.98. The summed E-state index contributed by atoms with van der Waals surface area (Å²) in [6, 6.07) is 0. The Labute approximate surface area is 57.8 Å². The molecule has 0 heterocycles. The second kappa shape index (κ2) is 4.81. The van der Waals surface area contributed by atoms with Crippen molar-refractivity contribution in [3.05, 3.63) is 0 Å². The van der Waals surface area contributed by atoms with Gasteiger partial charge in [-0.05, 0) is 0 Å². The molecule has 1 N–H and O–H groups in total. The van der Waals surface area contributed by atoms with Gasteiger partial charge in [-0.1, -0.05) is 0 Å². The van der Waals surface area contributed by atoms with Gasteiger partial charge in [0.15, 0.2) is 0 Å². The van der Waals surface area contributed by atoms with Crippen molar-refractivity contribution in [1.82, 2.24) is 0 Å². The summed E-state index contributed by atoms with van der Waals surface area (Å²) in [4.78, 5) is 29.7. The maximum Gasteiger partial charge on any atom is 0.149 e. The summed E-state index contributed by atoms with van der Waals surface area (Å²) >= 11 is 0. The first-order valence-corrected chi connectivity index (χ1v) is 2.78. The van der Waals surface area contributed by atoms with Gasteiger partial charge in [-0.15, -0.1) is 0 Å². The van der Waals surface area contributed by atoms with Crippen LogP contribution in [-0.2, 0) is 14.4 Å². The fourth-order valence-corrected chi connectivity index (χ4v) is 0.488. The number of aliphatic hydroxyl groups is 1. The van der Waals surface area contributed by atoms with Gasteiger partial charge < -0.3 is 19.5 Å². The molecule has 0 aromatic rings. The highest BCUT2D eigenvalue weighted by Gasteiger charge is 2.16. The second-order valence-electron chi connectivity index (χ2n) is 1.83. The molecule has 10 heavy (non-hydrogen) atoms. The van der Waals surface area contributed by atoms with Crippen LogP contribution >= 0.6 is 0 Å². The summed E-state index contributed by atoms with van der Waals surface area (Å²) in [6.45, 7) is 0. The number of carbonyl (C=O) groups excluding carboxylic acids is 3. The fourth-order valence-electron chi connectivity index (χ4n) is 0.488. The summed E-state index contributed by atoms with van der Waals surface area (Å²) < 4.78 is 0. The highest BCUT2D eigenvalue weighted by atomic mass is 16.3. The molecule has 4 nitrogen and oxygen atoms in total. The summed E-state index contributed by atoms with van der Waals surface area (Å²) in [7, 11) is 0. The Bertz CT molecular complexity index is 132. The molecule has 0 aromatic heterocycles. The van der Waals surface area contributed by atoms with Crippen LogP contribution < -0.4 is 0 Å². The van der Waals surface area contributed by atoms with Crippen LogP contribution in [0.4, 0.5) is 0 Å². The van der Waals surface area contributed by atoms with Gasteiger partial charge in [0.2, 0.25) is 0 Å². The van der Waals surface area contributed by atoms with Crippen molar-refractivity contribution >= 4 is 18.9 Å². The molecule has 0 radical (unpaired) electrons. The Morgan fingerprint density at radius 1 is 1.20 bits per heavy atom. The van der Waals surface area contributed by atoms with Crippen LogP contribution in [0.5, 0.6) is 0 Å². The summed E-state index contributed by atoms with van der Waals surface area (Å²) in [5.74, 6) is -0.880. The number of aliphatic hydroxyl groups excluding tert-OH is 1. The van der Waals surface area contributed by atoms with Gasteiger partial charge >= 0.3 is 0 Å². The monoisotopic (exact) mass is 144 g/mol. The second-order valence-corrected chi connectivity index (χ2v) is 1.83. The number of rotatable bonds is 5. The molecule has 0 saturated heterocycles. The van der Waals surface area contributed by atoms with Crippen molar-refractivity contribution in [3.8, 4) is 0 Å². The van der Waals surface area contributed by atoms with Crippen molar-refractivity contribution in [2.45, 2.75) is 12.5 Å². The lowest BCUT2D eigenvalue weighted by Crippen LogP contribution is -2.23. The lowest BCUT2D eigenvalue weighted by atomic mass is 10.0. The minimum atomic E-state index is -1.34. The maximum absolute atomic E-state index is 10.0. The van der Waals surface area contributed by atoms with E-state index in [4.69, 9.17) is 5.11 Å². The quantitative estimate of drug-likeness (QED) is 0.500. The molecular weight excluding hydrogens is 136 g/mol. The van der Waals surface area contributed by atoms with Crippen LogP contribution in [0.15, 0.2) is 0 Å².